The lowest BCUT2D eigenvalue weighted by atomic mass is 9.97. The molecule has 0 radical (unpaired) electrons. The molecule has 0 aromatic heterocycles. The molecule has 0 aliphatic carbocycles. The summed E-state index contributed by atoms with van der Waals surface area (Å²) in [7, 11) is 0. The van der Waals surface area contributed by atoms with Gasteiger partial charge >= 0.3 is 0 Å². The van der Waals surface area contributed by atoms with E-state index < -0.39 is 0 Å². The molecule has 0 aliphatic heterocycles. The van der Waals surface area contributed by atoms with Crippen molar-refractivity contribution in [2.24, 2.45) is 5.92 Å². The lowest BCUT2D eigenvalue weighted by Gasteiger charge is -2.21. The predicted molar refractivity (Wildman–Crippen MR) is 104 cm³/mol. The minimum absolute atomic E-state index is 0.00145. The zero-order chi connectivity index (χ0) is 18.2. The summed E-state index contributed by atoms with van der Waals surface area (Å²) in [6, 6.07) is 14.6. The van der Waals surface area contributed by atoms with E-state index in [9.17, 15) is 9.18 Å². The maximum atomic E-state index is 13.8. The highest BCUT2D eigenvalue weighted by Crippen LogP contribution is 2.22. The van der Waals surface area contributed by atoms with Gasteiger partial charge in [-0.1, -0.05) is 61.8 Å². The van der Waals surface area contributed by atoms with Crippen LogP contribution in [0.5, 0.6) is 0 Å². The van der Waals surface area contributed by atoms with Crippen LogP contribution >= 0.6 is 23.4 Å². The monoisotopic (exact) mass is 379 g/mol. The van der Waals surface area contributed by atoms with Gasteiger partial charge in [0, 0.05) is 10.8 Å². The lowest BCUT2D eigenvalue weighted by Crippen LogP contribution is -2.30. The zero-order valence-corrected chi connectivity index (χ0v) is 16.0. The van der Waals surface area contributed by atoms with E-state index in [1.54, 1.807) is 12.1 Å². The first-order valence-corrected chi connectivity index (χ1v) is 9.85. The quantitative estimate of drug-likeness (QED) is 0.645. The number of rotatable bonds is 8. The Morgan fingerprint density at radius 1 is 1.20 bits per heavy atom. The van der Waals surface area contributed by atoms with E-state index in [1.807, 2.05) is 30.3 Å². The van der Waals surface area contributed by atoms with Crippen molar-refractivity contribution in [3.8, 4) is 0 Å². The number of carbonyl (C=O) groups excluding carboxylic acids is 1. The smallest absolute Gasteiger partial charge is 0.230 e. The summed E-state index contributed by atoms with van der Waals surface area (Å²) in [6.07, 6.45) is 0.881. The van der Waals surface area contributed by atoms with Gasteiger partial charge in [-0.3, -0.25) is 4.79 Å². The number of benzene rings is 2. The highest BCUT2D eigenvalue weighted by atomic mass is 35.5. The number of thioether (sulfide) groups is 1. The topological polar surface area (TPSA) is 29.1 Å². The van der Waals surface area contributed by atoms with Crippen molar-refractivity contribution >= 4 is 29.3 Å². The van der Waals surface area contributed by atoms with Crippen LogP contribution in [-0.4, -0.2) is 11.7 Å². The molecule has 0 spiro atoms. The SMILES string of the molecule is CC(C)CC(NC(=O)CSCc1ccc(Cl)cc1F)c1ccccc1. The molecule has 0 fully saturated rings. The Bertz CT molecular complexity index is 693. The summed E-state index contributed by atoms with van der Waals surface area (Å²) in [5.41, 5.74) is 1.67. The molecule has 134 valence electrons. The van der Waals surface area contributed by atoms with E-state index in [-0.39, 0.29) is 17.8 Å². The fraction of sp³-hybridized carbons (Fsp3) is 0.350. The van der Waals surface area contributed by atoms with Crippen LogP contribution in [0.2, 0.25) is 5.02 Å². The van der Waals surface area contributed by atoms with Crippen molar-refractivity contribution in [1.82, 2.24) is 5.32 Å². The van der Waals surface area contributed by atoms with Crippen molar-refractivity contribution in [3.63, 3.8) is 0 Å². The van der Waals surface area contributed by atoms with Crippen LogP contribution < -0.4 is 5.32 Å². The maximum Gasteiger partial charge on any atom is 0.230 e. The van der Waals surface area contributed by atoms with Crippen molar-refractivity contribution in [2.45, 2.75) is 32.1 Å². The van der Waals surface area contributed by atoms with Crippen LogP contribution in [0, 0.1) is 11.7 Å². The molecule has 1 unspecified atom stereocenters. The molecule has 2 aromatic carbocycles. The Labute approximate surface area is 158 Å². The van der Waals surface area contributed by atoms with E-state index in [0.29, 0.717) is 28.0 Å². The largest absolute Gasteiger partial charge is 0.349 e. The highest BCUT2D eigenvalue weighted by molar-refractivity contribution is 7.99. The van der Waals surface area contributed by atoms with Gasteiger partial charge in [-0.25, -0.2) is 4.39 Å². The van der Waals surface area contributed by atoms with Crippen molar-refractivity contribution in [1.29, 1.82) is 0 Å². The van der Waals surface area contributed by atoms with Crippen LogP contribution in [0.4, 0.5) is 4.39 Å². The molecular formula is C20H23ClFNOS. The van der Waals surface area contributed by atoms with Gasteiger partial charge in [0.25, 0.3) is 0 Å². The summed E-state index contributed by atoms with van der Waals surface area (Å²) < 4.78 is 13.8. The average Bonchev–Trinajstić information content (AvgIpc) is 2.56. The number of amides is 1. The molecule has 0 saturated carbocycles. The first-order chi connectivity index (χ1) is 12.0. The Hall–Kier alpha value is -1.52. The van der Waals surface area contributed by atoms with Crippen LogP contribution in [-0.2, 0) is 10.5 Å². The second-order valence-electron chi connectivity index (χ2n) is 6.39. The molecule has 0 heterocycles. The van der Waals surface area contributed by atoms with E-state index in [0.717, 1.165) is 12.0 Å². The molecule has 1 atom stereocenters. The fourth-order valence-electron chi connectivity index (χ4n) is 2.56. The fourth-order valence-corrected chi connectivity index (χ4v) is 3.55. The van der Waals surface area contributed by atoms with Gasteiger partial charge in [-0.2, -0.15) is 0 Å². The van der Waals surface area contributed by atoms with Gasteiger partial charge < -0.3 is 5.32 Å². The van der Waals surface area contributed by atoms with Gasteiger partial charge in [0.1, 0.15) is 5.82 Å². The second kappa shape index (κ2) is 9.83. The van der Waals surface area contributed by atoms with Crippen LogP contribution in [0.15, 0.2) is 48.5 Å². The van der Waals surface area contributed by atoms with E-state index in [4.69, 9.17) is 11.6 Å². The van der Waals surface area contributed by atoms with E-state index >= 15 is 0 Å². The molecule has 2 aromatic rings. The van der Waals surface area contributed by atoms with Gasteiger partial charge in [-0.15, -0.1) is 11.8 Å². The molecular weight excluding hydrogens is 357 g/mol. The van der Waals surface area contributed by atoms with Crippen molar-refractivity contribution in [2.75, 3.05) is 5.75 Å². The molecule has 0 saturated heterocycles. The van der Waals surface area contributed by atoms with Gasteiger partial charge in [0.2, 0.25) is 5.91 Å². The normalized spacial score (nSPS) is 12.2. The summed E-state index contributed by atoms with van der Waals surface area (Å²) in [6.45, 7) is 4.28. The number of halogens is 2. The molecule has 25 heavy (non-hydrogen) atoms. The third-order valence-electron chi connectivity index (χ3n) is 3.75. The maximum absolute atomic E-state index is 13.8. The Morgan fingerprint density at radius 2 is 1.92 bits per heavy atom. The molecule has 1 N–H and O–H groups in total. The Morgan fingerprint density at radius 3 is 2.56 bits per heavy atom. The van der Waals surface area contributed by atoms with Crippen LogP contribution in [0.3, 0.4) is 0 Å². The summed E-state index contributed by atoms with van der Waals surface area (Å²) in [4.78, 5) is 12.3. The number of hydrogen-bond acceptors (Lipinski definition) is 2. The molecule has 5 heteroatoms. The average molecular weight is 380 g/mol. The molecule has 0 aliphatic rings. The molecule has 2 nitrogen and oxygen atoms in total. The Kier molecular flexibility index (Phi) is 7.79. The van der Waals surface area contributed by atoms with Crippen molar-refractivity contribution in [3.05, 3.63) is 70.5 Å². The summed E-state index contributed by atoms with van der Waals surface area (Å²) in [5.74, 6) is 0.845. The van der Waals surface area contributed by atoms with Gasteiger partial charge in [-0.05, 0) is 35.6 Å². The van der Waals surface area contributed by atoms with Gasteiger partial charge in [0.15, 0.2) is 0 Å². The first kappa shape index (κ1) is 19.8. The lowest BCUT2D eigenvalue weighted by molar-refractivity contribution is -0.119. The molecule has 2 rings (SSSR count). The van der Waals surface area contributed by atoms with Crippen molar-refractivity contribution < 1.29 is 9.18 Å². The third-order valence-corrected chi connectivity index (χ3v) is 4.97. The zero-order valence-electron chi connectivity index (χ0n) is 14.5. The molecule has 1 amide bonds. The summed E-state index contributed by atoms with van der Waals surface area (Å²) in [5, 5.41) is 3.48. The Balaban J connectivity index is 1.88. The summed E-state index contributed by atoms with van der Waals surface area (Å²) >= 11 is 7.14. The second-order valence-corrected chi connectivity index (χ2v) is 7.81. The predicted octanol–water partition coefficient (Wildman–Crippen LogP) is 5.62. The third kappa shape index (κ3) is 6.71. The van der Waals surface area contributed by atoms with Crippen LogP contribution in [0.25, 0.3) is 0 Å². The standard InChI is InChI=1S/C20H23ClFNOS/c1-14(2)10-19(15-6-4-3-5-7-15)23-20(24)13-25-12-16-8-9-17(21)11-18(16)22/h3-9,11,14,19H,10,12-13H2,1-2H3,(H,23,24). The minimum Gasteiger partial charge on any atom is -0.349 e. The van der Waals surface area contributed by atoms with Crippen LogP contribution in [0.1, 0.15) is 37.4 Å². The minimum atomic E-state index is -0.331. The molecule has 0 bridgehead atoms. The number of hydrogen-bond donors (Lipinski definition) is 1. The first-order valence-electron chi connectivity index (χ1n) is 8.31. The number of nitrogens with one attached hydrogen (secondary N) is 1. The number of carbonyl (C=O) groups is 1. The van der Waals surface area contributed by atoms with E-state index in [1.165, 1.54) is 17.8 Å². The highest BCUT2D eigenvalue weighted by Gasteiger charge is 2.16. The van der Waals surface area contributed by atoms with E-state index in [2.05, 4.69) is 19.2 Å². The van der Waals surface area contributed by atoms with Gasteiger partial charge in [0.05, 0.1) is 11.8 Å².